The van der Waals surface area contributed by atoms with Gasteiger partial charge in [0.15, 0.2) is 0 Å². The third-order valence-corrected chi connectivity index (χ3v) is 9.46. The van der Waals surface area contributed by atoms with Crippen LogP contribution in [0.3, 0.4) is 0 Å². The summed E-state index contributed by atoms with van der Waals surface area (Å²) in [5.74, 6) is 3.77. The Bertz CT molecular complexity index is 1530. The van der Waals surface area contributed by atoms with Gasteiger partial charge in [0.05, 0.1) is 12.6 Å². The molecule has 3 heterocycles. The number of H-pyrrole nitrogens is 1. The number of hydrogen-bond donors (Lipinski definition) is 2. The molecule has 44 heavy (non-hydrogen) atoms. The quantitative estimate of drug-likeness (QED) is 0.201. The van der Waals surface area contributed by atoms with Crippen molar-refractivity contribution in [1.29, 1.82) is 0 Å². The van der Waals surface area contributed by atoms with Crippen LogP contribution in [0.15, 0.2) is 66.7 Å². The van der Waals surface area contributed by atoms with Crippen molar-refractivity contribution in [3.63, 3.8) is 0 Å². The number of fused-ring (bicyclic) bond motifs is 3. The van der Waals surface area contributed by atoms with Gasteiger partial charge in [-0.1, -0.05) is 38.1 Å². The minimum Gasteiger partial charge on any atom is -0.494 e. The lowest BCUT2D eigenvalue weighted by Crippen LogP contribution is -2.39. The first-order valence-electron chi connectivity index (χ1n) is 15.7. The predicted octanol–water partition coefficient (Wildman–Crippen LogP) is 7.47. The monoisotopic (exact) mass is 616 g/mol. The number of carbonyl (C=O) groups is 1. The molecule has 4 aromatic rings. The van der Waals surface area contributed by atoms with Crippen molar-refractivity contribution in [2.45, 2.75) is 45.6 Å². The van der Waals surface area contributed by atoms with Gasteiger partial charge in [-0.15, -0.1) is 0 Å². The molecule has 0 saturated carbocycles. The summed E-state index contributed by atoms with van der Waals surface area (Å²) in [6.07, 6.45) is 1.88. The molecule has 2 N–H and O–H groups in total. The number of benzene rings is 3. The SMILES string of the molecule is CC(C)c1ccc(F)cc1.CNc1ccc2[nH]c3c(c2c1)CCN(C(C)=O)C3c1cccc(OCCCN2CCSCC2)c1. The van der Waals surface area contributed by atoms with Gasteiger partial charge in [-0.2, -0.15) is 11.8 Å². The van der Waals surface area contributed by atoms with E-state index in [-0.39, 0.29) is 17.8 Å². The molecular formula is C36H45FN4O2S. The number of rotatable bonds is 8. The number of thioether (sulfide) groups is 1. The van der Waals surface area contributed by atoms with Crippen molar-refractivity contribution in [3.05, 3.63) is 94.9 Å². The number of halogens is 1. The summed E-state index contributed by atoms with van der Waals surface area (Å²) in [6.45, 7) is 10.7. The van der Waals surface area contributed by atoms with E-state index in [9.17, 15) is 9.18 Å². The molecule has 6 rings (SSSR count). The van der Waals surface area contributed by atoms with Gasteiger partial charge in [-0.3, -0.25) is 4.79 Å². The van der Waals surface area contributed by atoms with Gasteiger partial charge in [0.25, 0.3) is 0 Å². The second-order valence-corrected chi connectivity index (χ2v) is 13.1. The summed E-state index contributed by atoms with van der Waals surface area (Å²) in [4.78, 5) is 20.8. The van der Waals surface area contributed by atoms with Crippen molar-refractivity contribution in [2.75, 3.05) is 56.7 Å². The number of hydrogen-bond acceptors (Lipinski definition) is 5. The summed E-state index contributed by atoms with van der Waals surface area (Å²) in [6, 6.07) is 21.2. The van der Waals surface area contributed by atoms with E-state index in [0.29, 0.717) is 19.1 Å². The van der Waals surface area contributed by atoms with E-state index in [2.05, 4.69) is 59.4 Å². The van der Waals surface area contributed by atoms with E-state index >= 15 is 0 Å². The predicted molar refractivity (Wildman–Crippen MR) is 182 cm³/mol. The smallest absolute Gasteiger partial charge is 0.220 e. The Morgan fingerprint density at radius 3 is 2.55 bits per heavy atom. The second kappa shape index (κ2) is 15.0. The van der Waals surface area contributed by atoms with Gasteiger partial charge in [-0.05, 0) is 77.9 Å². The Hall–Kier alpha value is -3.49. The molecule has 2 aliphatic heterocycles. The molecule has 0 spiro atoms. The summed E-state index contributed by atoms with van der Waals surface area (Å²) in [5, 5.41) is 4.47. The van der Waals surface area contributed by atoms with Crippen LogP contribution in [-0.2, 0) is 11.2 Å². The first-order chi connectivity index (χ1) is 21.3. The van der Waals surface area contributed by atoms with Crippen molar-refractivity contribution in [1.82, 2.24) is 14.8 Å². The van der Waals surface area contributed by atoms with Crippen LogP contribution in [0.2, 0.25) is 0 Å². The lowest BCUT2D eigenvalue weighted by atomic mass is 9.92. The number of nitrogens with one attached hydrogen (secondary N) is 2. The fourth-order valence-corrected chi connectivity index (χ4v) is 7.03. The number of aromatic nitrogens is 1. The summed E-state index contributed by atoms with van der Waals surface area (Å²) >= 11 is 2.04. The second-order valence-electron chi connectivity index (χ2n) is 11.8. The van der Waals surface area contributed by atoms with E-state index in [1.807, 2.05) is 48.0 Å². The Morgan fingerprint density at radius 2 is 1.84 bits per heavy atom. The normalized spacial score (nSPS) is 16.8. The van der Waals surface area contributed by atoms with E-state index < -0.39 is 0 Å². The zero-order valence-corrected chi connectivity index (χ0v) is 27.2. The molecule has 8 heteroatoms. The molecule has 1 atom stereocenters. The van der Waals surface area contributed by atoms with Gasteiger partial charge in [0.2, 0.25) is 5.91 Å². The van der Waals surface area contributed by atoms with Crippen LogP contribution in [0.25, 0.3) is 10.9 Å². The molecule has 1 aromatic heterocycles. The molecule has 2 aliphatic rings. The minimum atomic E-state index is -0.163. The molecule has 0 radical (unpaired) electrons. The molecule has 1 saturated heterocycles. The van der Waals surface area contributed by atoms with Crippen LogP contribution in [0.5, 0.6) is 5.75 Å². The van der Waals surface area contributed by atoms with E-state index in [0.717, 1.165) is 47.6 Å². The molecule has 1 fully saturated rings. The molecule has 1 amide bonds. The lowest BCUT2D eigenvalue weighted by molar-refractivity contribution is -0.130. The van der Waals surface area contributed by atoms with Crippen LogP contribution < -0.4 is 10.1 Å². The molecule has 3 aromatic carbocycles. The Balaban J connectivity index is 0.000000328. The van der Waals surface area contributed by atoms with Crippen LogP contribution >= 0.6 is 11.8 Å². The Labute approximate surface area is 265 Å². The number of amides is 1. The average Bonchev–Trinajstić information content (AvgIpc) is 3.41. The van der Waals surface area contributed by atoms with Crippen LogP contribution in [0.4, 0.5) is 10.1 Å². The van der Waals surface area contributed by atoms with Crippen LogP contribution in [-0.4, -0.2) is 72.0 Å². The van der Waals surface area contributed by atoms with E-state index in [4.69, 9.17) is 4.74 Å². The molecule has 0 aliphatic carbocycles. The van der Waals surface area contributed by atoms with Crippen molar-refractivity contribution in [2.24, 2.45) is 0 Å². The largest absolute Gasteiger partial charge is 0.494 e. The maximum absolute atomic E-state index is 12.6. The van der Waals surface area contributed by atoms with Gasteiger partial charge in [0.1, 0.15) is 11.6 Å². The summed E-state index contributed by atoms with van der Waals surface area (Å²) in [5.41, 5.74) is 6.90. The number of ether oxygens (including phenoxy) is 1. The highest BCUT2D eigenvalue weighted by Gasteiger charge is 2.33. The van der Waals surface area contributed by atoms with Crippen molar-refractivity contribution < 1.29 is 13.9 Å². The zero-order valence-electron chi connectivity index (χ0n) is 26.4. The third kappa shape index (κ3) is 7.77. The highest BCUT2D eigenvalue weighted by molar-refractivity contribution is 7.99. The Morgan fingerprint density at radius 1 is 1.07 bits per heavy atom. The van der Waals surface area contributed by atoms with Gasteiger partial charge < -0.3 is 24.8 Å². The number of nitrogens with zero attached hydrogens (tertiary/aromatic N) is 2. The van der Waals surface area contributed by atoms with Crippen molar-refractivity contribution >= 4 is 34.3 Å². The first kappa shape index (κ1) is 31.9. The highest BCUT2D eigenvalue weighted by atomic mass is 32.2. The van der Waals surface area contributed by atoms with Crippen LogP contribution in [0.1, 0.15) is 61.5 Å². The molecule has 6 nitrogen and oxygen atoms in total. The van der Waals surface area contributed by atoms with Crippen LogP contribution in [0, 0.1) is 5.82 Å². The van der Waals surface area contributed by atoms with E-state index in [1.54, 1.807) is 6.92 Å². The molecule has 234 valence electrons. The maximum atomic E-state index is 12.6. The molecule has 1 unspecified atom stereocenters. The van der Waals surface area contributed by atoms with E-state index in [1.165, 1.54) is 53.2 Å². The lowest BCUT2D eigenvalue weighted by Gasteiger charge is -2.35. The number of carbonyl (C=O) groups excluding carboxylic acids is 1. The fraction of sp³-hybridized carbons (Fsp3) is 0.417. The van der Waals surface area contributed by atoms with Gasteiger partial charge >= 0.3 is 0 Å². The average molecular weight is 617 g/mol. The summed E-state index contributed by atoms with van der Waals surface area (Å²) in [7, 11) is 1.94. The van der Waals surface area contributed by atoms with Crippen molar-refractivity contribution in [3.8, 4) is 5.75 Å². The topological polar surface area (TPSA) is 60.6 Å². The first-order valence-corrected chi connectivity index (χ1v) is 16.9. The summed E-state index contributed by atoms with van der Waals surface area (Å²) < 4.78 is 18.5. The Kier molecular flexibility index (Phi) is 10.9. The minimum absolute atomic E-state index is 0.0937. The number of anilines is 1. The standard InChI is InChI=1S/C27H34N4O2S.C9H11F/c1-19(32)31-11-9-23-24-18-21(28-2)7-8-25(24)29-26(23)27(31)20-5-3-6-22(17-20)33-14-4-10-30-12-15-34-16-13-30;1-7(2)8-3-5-9(10)6-4-8/h3,5-8,17-18,27-29H,4,9-16H2,1-2H3;3-7H,1-2H3. The fourth-order valence-electron chi connectivity index (χ4n) is 6.05. The third-order valence-electron chi connectivity index (χ3n) is 8.52. The van der Waals surface area contributed by atoms with Gasteiger partial charge in [0, 0.05) is 73.9 Å². The zero-order chi connectivity index (χ0) is 31.1. The number of aromatic amines is 1. The molecule has 0 bridgehead atoms. The highest BCUT2D eigenvalue weighted by Crippen LogP contribution is 2.40. The van der Waals surface area contributed by atoms with Gasteiger partial charge in [-0.25, -0.2) is 4.39 Å². The maximum Gasteiger partial charge on any atom is 0.220 e. The molecular weight excluding hydrogens is 571 g/mol.